The summed E-state index contributed by atoms with van der Waals surface area (Å²) in [6.07, 6.45) is 3.98. The number of hydrogen-bond acceptors (Lipinski definition) is 9. The second-order valence-corrected chi connectivity index (χ2v) is 14.3. The number of benzene rings is 1. The molecule has 2 aliphatic heterocycles. The molecule has 4 heterocycles. The summed E-state index contributed by atoms with van der Waals surface area (Å²) < 4.78 is 0. The van der Waals surface area contributed by atoms with Crippen molar-refractivity contribution in [3.63, 3.8) is 0 Å². The molecule has 0 radical (unpaired) electrons. The van der Waals surface area contributed by atoms with Crippen LogP contribution in [0.15, 0.2) is 41.1 Å². The molecule has 4 bridgehead atoms. The lowest BCUT2D eigenvalue weighted by Gasteiger charge is -2.27. The number of carbonyl (C=O) groups is 5. The molecule has 3 N–H and O–H groups in total. The van der Waals surface area contributed by atoms with Crippen LogP contribution in [-0.4, -0.2) is 82.0 Å². The second kappa shape index (κ2) is 16.8. The van der Waals surface area contributed by atoms with Crippen LogP contribution in [0.4, 0.5) is 0 Å². The van der Waals surface area contributed by atoms with Gasteiger partial charge >= 0.3 is 0 Å². The Morgan fingerprint density at radius 3 is 2.40 bits per heavy atom. The third-order valence-corrected chi connectivity index (χ3v) is 10.3. The molecule has 5 rings (SSSR count). The van der Waals surface area contributed by atoms with Crippen molar-refractivity contribution in [2.24, 2.45) is 5.92 Å². The van der Waals surface area contributed by atoms with Gasteiger partial charge in [0, 0.05) is 49.8 Å². The minimum Gasteiger partial charge on any atom is -0.351 e. The number of fused-ring (bicyclic) bond motifs is 4. The first-order valence-electron chi connectivity index (χ1n) is 16.6. The fourth-order valence-electron chi connectivity index (χ4n) is 5.81. The molecular formula is C34H43N7O5S2. The number of carbonyl (C=O) groups excluding carboxylic acids is 5. The van der Waals surface area contributed by atoms with Crippen LogP contribution in [0.2, 0.25) is 0 Å². The van der Waals surface area contributed by atoms with Crippen LogP contribution in [0.5, 0.6) is 0 Å². The molecule has 2 aromatic heterocycles. The quantitative estimate of drug-likeness (QED) is 0.340. The number of rotatable bonds is 7. The first-order chi connectivity index (χ1) is 23.2. The highest BCUT2D eigenvalue weighted by molar-refractivity contribution is 7.10. The Hall–Kier alpha value is -4.17. The smallest absolute Gasteiger partial charge is 0.271 e. The molecule has 5 amide bonds. The van der Waals surface area contributed by atoms with E-state index in [1.54, 1.807) is 10.8 Å². The van der Waals surface area contributed by atoms with Gasteiger partial charge in [0.15, 0.2) is 0 Å². The number of amides is 5. The summed E-state index contributed by atoms with van der Waals surface area (Å²) >= 11 is 2.60. The largest absolute Gasteiger partial charge is 0.351 e. The van der Waals surface area contributed by atoms with Crippen LogP contribution in [0.25, 0.3) is 0 Å². The number of piperidine rings is 1. The number of nitrogens with zero attached hydrogens (tertiary/aromatic N) is 4. The van der Waals surface area contributed by atoms with E-state index in [2.05, 4.69) is 25.9 Å². The maximum Gasteiger partial charge on any atom is 0.271 e. The minimum absolute atomic E-state index is 0.00259. The molecule has 0 spiro atoms. The molecular weight excluding hydrogens is 651 g/mol. The average molecular weight is 694 g/mol. The molecule has 1 fully saturated rings. The standard InChI is InChI=1S/C34H43N7O5S2/c1-22(2)30-34-38-25(20-48-34)31(45)35-14-9-17-41(29(44)13-8-16-40-15-7-6-12-28(40)43)19-27(42)36-24(18-23-10-4-3-5-11-23)33-37-26(21-47-33)32(46)39-30/h3-5,10-11,20-22,24,30H,6-9,12-19H2,1-2H3,(H,35,45)(H,36,42)(H,39,46)/t24-,30-/m0/s1. The van der Waals surface area contributed by atoms with Gasteiger partial charge in [0.05, 0.1) is 18.6 Å². The van der Waals surface area contributed by atoms with Crippen LogP contribution in [0.1, 0.15) is 101 Å². The van der Waals surface area contributed by atoms with E-state index in [1.165, 1.54) is 27.6 Å². The molecule has 0 aliphatic carbocycles. The summed E-state index contributed by atoms with van der Waals surface area (Å²) in [7, 11) is 0. The van der Waals surface area contributed by atoms with Gasteiger partial charge in [0.1, 0.15) is 21.4 Å². The van der Waals surface area contributed by atoms with Gasteiger partial charge in [0.25, 0.3) is 11.8 Å². The molecule has 14 heteroatoms. The van der Waals surface area contributed by atoms with Gasteiger partial charge < -0.3 is 25.8 Å². The van der Waals surface area contributed by atoms with Crippen LogP contribution < -0.4 is 16.0 Å². The van der Waals surface area contributed by atoms with Crippen molar-refractivity contribution in [2.75, 3.05) is 32.7 Å². The minimum atomic E-state index is -0.530. The van der Waals surface area contributed by atoms with Gasteiger partial charge in [-0.25, -0.2) is 9.97 Å². The van der Waals surface area contributed by atoms with Crippen LogP contribution in [0.3, 0.4) is 0 Å². The number of nitrogens with one attached hydrogen (secondary N) is 3. The van der Waals surface area contributed by atoms with Crippen molar-refractivity contribution in [3.8, 4) is 0 Å². The number of hydrogen-bond donors (Lipinski definition) is 3. The summed E-state index contributed by atoms with van der Waals surface area (Å²) in [5.74, 6) is -1.15. The maximum atomic E-state index is 13.6. The van der Waals surface area contributed by atoms with Crippen molar-refractivity contribution in [1.82, 2.24) is 35.7 Å². The predicted molar refractivity (Wildman–Crippen MR) is 183 cm³/mol. The van der Waals surface area contributed by atoms with E-state index >= 15 is 0 Å². The molecule has 12 nitrogen and oxygen atoms in total. The Morgan fingerprint density at radius 2 is 1.65 bits per heavy atom. The van der Waals surface area contributed by atoms with Crippen molar-refractivity contribution in [1.29, 1.82) is 0 Å². The highest BCUT2D eigenvalue weighted by Gasteiger charge is 2.28. The Labute approximate surface area is 288 Å². The molecule has 2 atom stereocenters. The van der Waals surface area contributed by atoms with E-state index in [0.29, 0.717) is 48.8 Å². The topological polar surface area (TPSA) is 154 Å². The average Bonchev–Trinajstić information content (AvgIpc) is 3.77. The zero-order valence-electron chi connectivity index (χ0n) is 27.4. The maximum absolute atomic E-state index is 13.6. The Kier molecular flexibility index (Phi) is 12.3. The molecule has 0 unspecified atom stereocenters. The van der Waals surface area contributed by atoms with Crippen LogP contribution >= 0.6 is 22.7 Å². The van der Waals surface area contributed by atoms with Crippen LogP contribution in [-0.2, 0) is 20.8 Å². The molecule has 1 aromatic carbocycles. The van der Waals surface area contributed by atoms with E-state index in [0.717, 1.165) is 18.4 Å². The zero-order valence-corrected chi connectivity index (χ0v) is 29.0. The van der Waals surface area contributed by atoms with Gasteiger partial charge in [-0.15, -0.1) is 22.7 Å². The van der Waals surface area contributed by atoms with E-state index in [1.807, 2.05) is 49.1 Å². The SMILES string of the molecule is CC(C)[C@@H]1NC(=O)c2csc(n2)[C@H](Cc2ccccc2)NC(=O)CN(C(=O)CCCN2CCCCC2=O)CCCNC(=O)c2csc1n2. The number of aromatic nitrogens is 2. The summed E-state index contributed by atoms with van der Waals surface area (Å²) in [5, 5.41) is 13.5. The van der Waals surface area contributed by atoms with E-state index in [-0.39, 0.29) is 72.9 Å². The lowest BCUT2D eigenvalue weighted by Crippen LogP contribution is -2.43. The van der Waals surface area contributed by atoms with Crippen molar-refractivity contribution < 1.29 is 24.0 Å². The summed E-state index contributed by atoms with van der Waals surface area (Å²) in [6, 6.07) is 8.75. The van der Waals surface area contributed by atoms with Gasteiger partial charge in [0.2, 0.25) is 17.7 Å². The molecule has 2 aliphatic rings. The molecule has 3 aromatic rings. The summed E-state index contributed by atoms with van der Waals surface area (Å²) in [6.45, 7) is 5.52. The molecule has 48 heavy (non-hydrogen) atoms. The monoisotopic (exact) mass is 693 g/mol. The van der Waals surface area contributed by atoms with Crippen molar-refractivity contribution in [3.05, 3.63) is 68.1 Å². The Morgan fingerprint density at radius 1 is 0.917 bits per heavy atom. The van der Waals surface area contributed by atoms with Crippen molar-refractivity contribution >= 4 is 52.2 Å². The molecule has 256 valence electrons. The predicted octanol–water partition coefficient (Wildman–Crippen LogP) is 3.88. The third kappa shape index (κ3) is 9.47. The number of likely N-dealkylation sites (tertiary alicyclic amines) is 1. The zero-order chi connectivity index (χ0) is 34.0. The van der Waals surface area contributed by atoms with Gasteiger partial charge in [-0.05, 0) is 43.6 Å². The highest BCUT2D eigenvalue weighted by atomic mass is 32.1. The normalized spacial score (nSPS) is 20.0. The molecule has 1 saturated heterocycles. The van der Waals surface area contributed by atoms with Gasteiger partial charge in [-0.3, -0.25) is 24.0 Å². The van der Waals surface area contributed by atoms with E-state index < -0.39 is 12.1 Å². The van der Waals surface area contributed by atoms with Gasteiger partial charge in [-0.1, -0.05) is 44.2 Å². The fraction of sp³-hybridized carbons (Fsp3) is 0.500. The van der Waals surface area contributed by atoms with Crippen molar-refractivity contribution in [2.45, 2.75) is 70.9 Å². The Bertz CT molecular complexity index is 1590. The fourth-order valence-corrected chi connectivity index (χ4v) is 7.68. The first kappa shape index (κ1) is 35.1. The summed E-state index contributed by atoms with van der Waals surface area (Å²) in [4.78, 5) is 78.1. The first-order valence-corrected chi connectivity index (χ1v) is 18.3. The van der Waals surface area contributed by atoms with Crippen LogP contribution in [0, 0.1) is 5.92 Å². The highest BCUT2D eigenvalue weighted by Crippen LogP contribution is 2.27. The third-order valence-electron chi connectivity index (χ3n) is 8.46. The summed E-state index contributed by atoms with van der Waals surface area (Å²) in [5.41, 5.74) is 1.47. The molecule has 0 saturated carbocycles. The Balaban J connectivity index is 1.37. The number of thiazole rings is 2. The van der Waals surface area contributed by atoms with Gasteiger partial charge in [-0.2, -0.15) is 0 Å². The second-order valence-electron chi connectivity index (χ2n) is 12.5. The van der Waals surface area contributed by atoms with E-state index in [9.17, 15) is 24.0 Å². The van der Waals surface area contributed by atoms with E-state index in [4.69, 9.17) is 0 Å². The lowest BCUT2D eigenvalue weighted by molar-refractivity contribution is -0.137. The lowest BCUT2D eigenvalue weighted by atomic mass is 10.0.